The molecular weight excluding hydrogens is 392 g/mol. The van der Waals surface area contributed by atoms with Crippen molar-refractivity contribution in [2.75, 3.05) is 28.6 Å². The molecule has 0 bridgehead atoms. The molecule has 158 valence electrons. The van der Waals surface area contributed by atoms with Gasteiger partial charge in [-0.3, -0.25) is 14.6 Å². The summed E-state index contributed by atoms with van der Waals surface area (Å²) in [5.74, 6) is -0.0309. The van der Waals surface area contributed by atoms with Gasteiger partial charge in [-0.05, 0) is 49.6 Å². The molecule has 0 spiro atoms. The Bertz CT molecular complexity index is 1140. The first kappa shape index (κ1) is 19.4. The fourth-order valence-corrected chi connectivity index (χ4v) is 4.29. The van der Waals surface area contributed by atoms with E-state index >= 15 is 0 Å². The summed E-state index contributed by atoms with van der Waals surface area (Å²) in [6.07, 6.45) is 6.26. The predicted octanol–water partition coefficient (Wildman–Crippen LogP) is 3.95. The van der Waals surface area contributed by atoms with Crippen molar-refractivity contribution in [2.24, 2.45) is 0 Å². The van der Waals surface area contributed by atoms with Gasteiger partial charge in [0.15, 0.2) is 6.10 Å². The molecule has 7 nitrogen and oxygen atoms in total. The van der Waals surface area contributed by atoms with Crippen molar-refractivity contribution < 1.29 is 14.3 Å². The maximum atomic E-state index is 12.8. The second kappa shape index (κ2) is 8.26. The molecule has 2 N–H and O–H groups in total. The summed E-state index contributed by atoms with van der Waals surface area (Å²) in [5.41, 5.74) is 2.47. The number of aromatic nitrogens is 1. The summed E-state index contributed by atoms with van der Waals surface area (Å²) in [6.45, 7) is 2.08. The minimum Gasteiger partial charge on any atom is -0.478 e. The first-order valence-corrected chi connectivity index (χ1v) is 10.7. The van der Waals surface area contributed by atoms with Crippen molar-refractivity contribution in [1.82, 2.24) is 4.98 Å². The molecule has 0 aliphatic carbocycles. The number of nitrogens with zero attached hydrogens (tertiary/aromatic N) is 2. The van der Waals surface area contributed by atoms with Gasteiger partial charge in [-0.2, -0.15) is 0 Å². The summed E-state index contributed by atoms with van der Waals surface area (Å²) in [5, 5.41) is 7.69. The molecule has 1 atom stereocenters. The molecule has 1 saturated heterocycles. The third-order valence-corrected chi connectivity index (χ3v) is 5.84. The third kappa shape index (κ3) is 3.91. The summed E-state index contributed by atoms with van der Waals surface area (Å²) in [6, 6.07) is 13.2. The number of ether oxygens (including phenoxy) is 1. The summed E-state index contributed by atoms with van der Waals surface area (Å²) < 4.78 is 5.75. The van der Waals surface area contributed by atoms with Gasteiger partial charge >= 0.3 is 0 Å². The summed E-state index contributed by atoms with van der Waals surface area (Å²) in [7, 11) is 0. The van der Waals surface area contributed by atoms with Gasteiger partial charge in [0.25, 0.3) is 5.91 Å². The molecule has 1 unspecified atom stereocenters. The van der Waals surface area contributed by atoms with E-state index in [-0.39, 0.29) is 18.2 Å². The molecule has 1 fully saturated rings. The molecule has 3 aromatic rings. The van der Waals surface area contributed by atoms with Crippen molar-refractivity contribution in [3.63, 3.8) is 0 Å². The van der Waals surface area contributed by atoms with Gasteiger partial charge < -0.3 is 20.3 Å². The van der Waals surface area contributed by atoms with E-state index in [1.807, 2.05) is 24.3 Å². The lowest BCUT2D eigenvalue weighted by atomic mass is 10.0. The smallest absolute Gasteiger partial charge is 0.266 e. The molecule has 7 heteroatoms. The molecular formula is C24H24N4O3. The monoisotopic (exact) mass is 416 g/mol. The third-order valence-electron chi connectivity index (χ3n) is 5.84. The lowest BCUT2D eigenvalue weighted by Crippen LogP contribution is -2.39. The normalized spacial score (nSPS) is 18.1. The van der Waals surface area contributed by atoms with Crippen LogP contribution in [0.25, 0.3) is 10.8 Å². The quantitative estimate of drug-likeness (QED) is 0.673. The van der Waals surface area contributed by atoms with Crippen molar-refractivity contribution >= 4 is 39.6 Å². The van der Waals surface area contributed by atoms with Crippen LogP contribution >= 0.6 is 0 Å². The van der Waals surface area contributed by atoms with E-state index in [1.54, 1.807) is 24.5 Å². The highest BCUT2D eigenvalue weighted by molar-refractivity contribution is 6.08. The van der Waals surface area contributed by atoms with Crippen molar-refractivity contribution in [1.29, 1.82) is 0 Å². The Balaban J connectivity index is 1.35. The van der Waals surface area contributed by atoms with Crippen molar-refractivity contribution in [3.05, 3.63) is 54.9 Å². The highest BCUT2D eigenvalue weighted by Crippen LogP contribution is 2.34. The van der Waals surface area contributed by atoms with E-state index in [0.717, 1.165) is 23.9 Å². The number of para-hydroxylation sites is 2. The Kier molecular flexibility index (Phi) is 5.16. The van der Waals surface area contributed by atoms with Gasteiger partial charge in [0, 0.05) is 41.9 Å². The van der Waals surface area contributed by atoms with Crippen LogP contribution < -0.4 is 20.3 Å². The molecule has 1 aromatic heterocycles. The summed E-state index contributed by atoms with van der Waals surface area (Å²) in [4.78, 5) is 31.8. The topological polar surface area (TPSA) is 83.6 Å². The van der Waals surface area contributed by atoms with Crippen molar-refractivity contribution in [3.8, 4) is 5.75 Å². The number of pyridine rings is 1. The molecule has 2 aromatic carbocycles. The lowest BCUT2D eigenvalue weighted by Gasteiger charge is -2.30. The zero-order chi connectivity index (χ0) is 21.2. The van der Waals surface area contributed by atoms with Crippen LogP contribution in [0.3, 0.4) is 0 Å². The van der Waals surface area contributed by atoms with E-state index in [4.69, 9.17) is 4.74 Å². The Morgan fingerprint density at radius 2 is 1.94 bits per heavy atom. The number of rotatable bonds is 4. The molecule has 0 saturated carbocycles. The number of carbonyl (C=O) groups is 2. The number of piperidine rings is 1. The van der Waals surface area contributed by atoms with Crippen LogP contribution in [0.5, 0.6) is 5.75 Å². The van der Waals surface area contributed by atoms with Crippen LogP contribution in [0.4, 0.5) is 17.1 Å². The van der Waals surface area contributed by atoms with E-state index in [0.29, 0.717) is 17.1 Å². The maximum absolute atomic E-state index is 12.8. The van der Waals surface area contributed by atoms with Crippen LogP contribution in [0, 0.1) is 0 Å². The van der Waals surface area contributed by atoms with Crippen LogP contribution in [0.1, 0.15) is 25.7 Å². The number of amides is 2. The highest BCUT2D eigenvalue weighted by atomic mass is 16.5. The van der Waals surface area contributed by atoms with Gasteiger partial charge in [0.2, 0.25) is 5.91 Å². The first-order valence-electron chi connectivity index (χ1n) is 10.7. The van der Waals surface area contributed by atoms with E-state index in [1.165, 1.54) is 24.9 Å². The van der Waals surface area contributed by atoms with E-state index < -0.39 is 6.10 Å². The number of hydrogen-bond acceptors (Lipinski definition) is 5. The highest BCUT2D eigenvalue weighted by Gasteiger charge is 2.29. The van der Waals surface area contributed by atoms with Crippen molar-refractivity contribution in [2.45, 2.75) is 31.8 Å². The number of hydrogen-bond donors (Lipinski definition) is 2. The Morgan fingerprint density at radius 1 is 1.10 bits per heavy atom. The average molecular weight is 416 g/mol. The Morgan fingerprint density at radius 3 is 2.81 bits per heavy atom. The SMILES string of the molecule is O=C(CC1Oc2ccccc2NC1=O)Nc1ccc(N2CCCCC2)c2ccncc12. The minimum absolute atomic E-state index is 0.0736. The number of anilines is 3. The van der Waals surface area contributed by atoms with Gasteiger partial charge in [0.05, 0.1) is 17.8 Å². The number of fused-ring (bicyclic) bond motifs is 2. The predicted molar refractivity (Wildman–Crippen MR) is 121 cm³/mol. The second-order valence-electron chi connectivity index (χ2n) is 7.95. The lowest BCUT2D eigenvalue weighted by molar-refractivity contribution is -0.128. The molecule has 0 radical (unpaired) electrons. The molecule has 2 aliphatic heterocycles. The number of nitrogens with one attached hydrogen (secondary N) is 2. The van der Waals surface area contributed by atoms with Crippen LogP contribution in [-0.2, 0) is 9.59 Å². The fraction of sp³-hybridized carbons (Fsp3) is 0.292. The zero-order valence-electron chi connectivity index (χ0n) is 17.1. The number of benzene rings is 2. The van der Waals surface area contributed by atoms with Crippen LogP contribution in [-0.4, -0.2) is 36.0 Å². The second-order valence-corrected chi connectivity index (χ2v) is 7.95. The maximum Gasteiger partial charge on any atom is 0.266 e. The van der Waals surface area contributed by atoms with E-state index in [9.17, 15) is 9.59 Å². The molecule has 5 rings (SSSR count). The van der Waals surface area contributed by atoms with Crippen LogP contribution in [0.15, 0.2) is 54.9 Å². The first-order chi connectivity index (χ1) is 15.2. The molecule has 31 heavy (non-hydrogen) atoms. The van der Waals surface area contributed by atoms with Gasteiger partial charge in [-0.15, -0.1) is 0 Å². The van der Waals surface area contributed by atoms with Gasteiger partial charge in [-0.25, -0.2) is 0 Å². The van der Waals surface area contributed by atoms with Gasteiger partial charge in [0.1, 0.15) is 5.75 Å². The Labute approximate surface area is 180 Å². The minimum atomic E-state index is -0.869. The summed E-state index contributed by atoms with van der Waals surface area (Å²) >= 11 is 0. The Hall–Kier alpha value is -3.61. The average Bonchev–Trinajstić information content (AvgIpc) is 2.80. The zero-order valence-corrected chi connectivity index (χ0v) is 17.1. The largest absolute Gasteiger partial charge is 0.478 e. The fourth-order valence-electron chi connectivity index (χ4n) is 4.29. The van der Waals surface area contributed by atoms with E-state index in [2.05, 4.69) is 26.6 Å². The number of carbonyl (C=O) groups excluding carboxylic acids is 2. The molecule has 2 amide bonds. The molecule has 2 aliphatic rings. The van der Waals surface area contributed by atoms with Gasteiger partial charge in [-0.1, -0.05) is 12.1 Å². The molecule has 3 heterocycles. The van der Waals surface area contributed by atoms with Crippen LogP contribution in [0.2, 0.25) is 0 Å². The standard InChI is InChI=1S/C24H24N4O3/c29-23(14-22-24(30)27-19-6-2-3-7-21(19)31-22)26-18-8-9-20(28-12-4-1-5-13-28)16-10-11-25-15-17(16)18/h2-3,6-11,15,22H,1,4-5,12-14H2,(H,26,29)(H,27,30).